The third-order valence-corrected chi connectivity index (χ3v) is 4.47. The third-order valence-electron chi connectivity index (χ3n) is 4.47. The van der Waals surface area contributed by atoms with Gasteiger partial charge in [0, 0.05) is 25.7 Å². The van der Waals surface area contributed by atoms with Crippen LogP contribution in [0.4, 0.5) is 0 Å². The quantitative estimate of drug-likeness (QED) is 0.772. The van der Waals surface area contributed by atoms with Gasteiger partial charge in [0.1, 0.15) is 0 Å². The Balaban J connectivity index is 2.01. The van der Waals surface area contributed by atoms with E-state index in [1.165, 1.54) is 5.56 Å². The molecular weight excluding hydrogens is 288 g/mol. The van der Waals surface area contributed by atoms with Gasteiger partial charge in [-0.15, -0.1) is 0 Å². The van der Waals surface area contributed by atoms with E-state index in [1.54, 1.807) is 0 Å². The number of ether oxygens (including phenoxy) is 1. The van der Waals surface area contributed by atoms with Crippen LogP contribution in [0, 0.1) is 5.92 Å². The van der Waals surface area contributed by atoms with E-state index in [4.69, 9.17) is 4.74 Å². The van der Waals surface area contributed by atoms with Crippen molar-refractivity contribution in [3.63, 3.8) is 0 Å². The van der Waals surface area contributed by atoms with Crippen molar-refractivity contribution in [3.8, 4) is 0 Å². The van der Waals surface area contributed by atoms with Crippen LogP contribution in [-0.4, -0.2) is 55.0 Å². The Hall–Kier alpha value is -0.940. The predicted octanol–water partition coefficient (Wildman–Crippen LogP) is 2.45. The van der Waals surface area contributed by atoms with Crippen molar-refractivity contribution in [3.05, 3.63) is 35.9 Å². The van der Waals surface area contributed by atoms with Gasteiger partial charge in [-0.25, -0.2) is 0 Å². The zero-order valence-electron chi connectivity index (χ0n) is 14.7. The number of nitrogens with zero attached hydrogens (tertiary/aromatic N) is 1. The normalized spacial score (nSPS) is 20.4. The summed E-state index contributed by atoms with van der Waals surface area (Å²) < 4.78 is 5.51. The zero-order valence-corrected chi connectivity index (χ0v) is 14.7. The molecule has 3 unspecified atom stereocenters. The highest BCUT2D eigenvalue weighted by molar-refractivity contribution is 5.21. The Morgan fingerprint density at radius 1 is 1.13 bits per heavy atom. The minimum atomic E-state index is -0.279. The topological polar surface area (TPSA) is 44.7 Å². The Bertz CT molecular complexity index is 432. The van der Waals surface area contributed by atoms with Crippen LogP contribution in [0.1, 0.15) is 38.8 Å². The molecule has 2 N–H and O–H groups in total. The molecule has 3 atom stereocenters. The molecule has 4 nitrogen and oxygen atoms in total. The lowest BCUT2D eigenvalue weighted by atomic mass is 9.97. The SMILES string of the molecule is CC(C)CC(O)CNC(C)C(c1ccccc1)N1CCOCC1. The third kappa shape index (κ3) is 5.88. The molecule has 1 heterocycles. The second-order valence-corrected chi connectivity index (χ2v) is 6.98. The summed E-state index contributed by atoms with van der Waals surface area (Å²) in [4.78, 5) is 2.49. The van der Waals surface area contributed by atoms with E-state index in [0.717, 1.165) is 32.7 Å². The van der Waals surface area contributed by atoms with E-state index in [1.807, 2.05) is 0 Å². The Morgan fingerprint density at radius 2 is 1.78 bits per heavy atom. The molecule has 0 radical (unpaired) electrons. The number of benzene rings is 1. The first-order valence-corrected chi connectivity index (χ1v) is 8.86. The van der Waals surface area contributed by atoms with Crippen molar-refractivity contribution in [2.24, 2.45) is 5.92 Å². The van der Waals surface area contributed by atoms with E-state index in [2.05, 4.69) is 61.3 Å². The second-order valence-electron chi connectivity index (χ2n) is 6.98. The van der Waals surface area contributed by atoms with Gasteiger partial charge >= 0.3 is 0 Å². The molecule has 0 aromatic heterocycles. The summed E-state index contributed by atoms with van der Waals surface area (Å²) in [5.41, 5.74) is 1.33. The number of nitrogens with one attached hydrogen (secondary N) is 1. The van der Waals surface area contributed by atoms with Gasteiger partial charge in [-0.3, -0.25) is 4.90 Å². The van der Waals surface area contributed by atoms with Crippen molar-refractivity contribution in [2.45, 2.75) is 45.4 Å². The molecule has 1 saturated heterocycles. The molecule has 0 bridgehead atoms. The van der Waals surface area contributed by atoms with E-state index >= 15 is 0 Å². The predicted molar refractivity (Wildman–Crippen MR) is 94.5 cm³/mol. The molecule has 1 aliphatic rings. The van der Waals surface area contributed by atoms with Crippen LogP contribution in [0.5, 0.6) is 0 Å². The van der Waals surface area contributed by atoms with Crippen LogP contribution in [0.3, 0.4) is 0 Å². The zero-order chi connectivity index (χ0) is 16.7. The molecule has 0 amide bonds. The fraction of sp³-hybridized carbons (Fsp3) is 0.684. The van der Waals surface area contributed by atoms with Crippen LogP contribution in [0.15, 0.2) is 30.3 Å². The highest BCUT2D eigenvalue weighted by atomic mass is 16.5. The van der Waals surface area contributed by atoms with Gasteiger partial charge < -0.3 is 15.2 Å². The van der Waals surface area contributed by atoms with Crippen molar-refractivity contribution in [1.82, 2.24) is 10.2 Å². The molecular formula is C19H32N2O2. The monoisotopic (exact) mass is 320 g/mol. The maximum Gasteiger partial charge on any atom is 0.0667 e. The summed E-state index contributed by atoms with van der Waals surface area (Å²) in [5, 5.41) is 13.7. The first-order chi connectivity index (χ1) is 11.1. The van der Waals surface area contributed by atoms with Gasteiger partial charge in [0.05, 0.1) is 25.4 Å². The highest BCUT2D eigenvalue weighted by Gasteiger charge is 2.27. The maximum absolute atomic E-state index is 10.1. The maximum atomic E-state index is 10.1. The Labute approximate surface area is 140 Å². The highest BCUT2D eigenvalue weighted by Crippen LogP contribution is 2.25. The number of aliphatic hydroxyl groups excluding tert-OH is 1. The molecule has 4 heteroatoms. The number of aliphatic hydroxyl groups is 1. The summed E-state index contributed by atoms with van der Waals surface area (Å²) in [7, 11) is 0. The lowest BCUT2D eigenvalue weighted by Crippen LogP contribution is -2.48. The van der Waals surface area contributed by atoms with E-state index in [9.17, 15) is 5.11 Å². The fourth-order valence-electron chi connectivity index (χ4n) is 3.38. The fourth-order valence-corrected chi connectivity index (χ4v) is 3.38. The molecule has 23 heavy (non-hydrogen) atoms. The average Bonchev–Trinajstić information content (AvgIpc) is 2.55. The summed E-state index contributed by atoms with van der Waals surface area (Å²) in [6, 6.07) is 11.2. The van der Waals surface area contributed by atoms with Crippen LogP contribution in [0.2, 0.25) is 0 Å². The molecule has 130 valence electrons. The number of morpholine rings is 1. The van der Waals surface area contributed by atoms with Crippen molar-refractivity contribution in [1.29, 1.82) is 0 Å². The first-order valence-electron chi connectivity index (χ1n) is 8.86. The van der Waals surface area contributed by atoms with Crippen molar-refractivity contribution < 1.29 is 9.84 Å². The van der Waals surface area contributed by atoms with Crippen LogP contribution in [0.25, 0.3) is 0 Å². The van der Waals surface area contributed by atoms with Gasteiger partial charge in [0.2, 0.25) is 0 Å². The minimum absolute atomic E-state index is 0.275. The molecule has 2 rings (SSSR count). The summed E-state index contributed by atoms with van der Waals surface area (Å²) in [6.45, 7) is 10.7. The van der Waals surface area contributed by atoms with Gasteiger partial charge in [0.25, 0.3) is 0 Å². The minimum Gasteiger partial charge on any atom is -0.392 e. The summed E-state index contributed by atoms with van der Waals surface area (Å²) in [5.74, 6) is 0.520. The lowest BCUT2D eigenvalue weighted by Gasteiger charge is -2.38. The van der Waals surface area contributed by atoms with Crippen molar-refractivity contribution in [2.75, 3.05) is 32.8 Å². The summed E-state index contributed by atoms with van der Waals surface area (Å²) >= 11 is 0. The molecule has 0 saturated carbocycles. The lowest BCUT2D eigenvalue weighted by molar-refractivity contribution is 0.00743. The number of rotatable bonds is 8. The van der Waals surface area contributed by atoms with Crippen LogP contribution in [-0.2, 0) is 4.74 Å². The largest absolute Gasteiger partial charge is 0.392 e. The van der Waals surface area contributed by atoms with Gasteiger partial charge in [-0.05, 0) is 24.8 Å². The van der Waals surface area contributed by atoms with Gasteiger partial charge in [0.15, 0.2) is 0 Å². The molecule has 1 aromatic rings. The van der Waals surface area contributed by atoms with Gasteiger partial charge in [-0.2, -0.15) is 0 Å². The molecule has 1 aromatic carbocycles. The average molecular weight is 320 g/mol. The molecule has 0 spiro atoms. The Kier molecular flexibility index (Phi) is 7.50. The number of hydrogen-bond acceptors (Lipinski definition) is 4. The second kappa shape index (κ2) is 9.38. The van der Waals surface area contributed by atoms with Crippen molar-refractivity contribution >= 4 is 0 Å². The van der Waals surface area contributed by atoms with Crippen LogP contribution < -0.4 is 5.32 Å². The van der Waals surface area contributed by atoms with E-state index in [0.29, 0.717) is 18.5 Å². The molecule has 0 aliphatic carbocycles. The molecule has 1 fully saturated rings. The summed E-state index contributed by atoms with van der Waals surface area (Å²) in [6.07, 6.45) is 0.561. The first kappa shape index (κ1) is 18.4. The van der Waals surface area contributed by atoms with Crippen LogP contribution >= 0.6 is 0 Å². The van der Waals surface area contributed by atoms with E-state index < -0.39 is 0 Å². The Morgan fingerprint density at radius 3 is 2.39 bits per heavy atom. The van der Waals surface area contributed by atoms with Gasteiger partial charge in [-0.1, -0.05) is 44.2 Å². The molecule has 1 aliphatic heterocycles. The van der Waals surface area contributed by atoms with E-state index in [-0.39, 0.29) is 12.1 Å². The number of hydrogen-bond donors (Lipinski definition) is 2. The standard InChI is InChI=1S/C19H32N2O2/c1-15(2)13-18(22)14-20-16(3)19(17-7-5-4-6-8-17)21-9-11-23-12-10-21/h4-8,15-16,18-20,22H,9-14H2,1-3H3. The smallest absolute Gasteiger partial charge is 0.0667 e.